The standard InChI is InChI=1S/C34H25N3O4/c1-41-28-19-17-27(18-20-28)37-33(39)29(32(38)35-34(37)40)21-25-22-30(23-11-5-2-6-12-23)36(26-15-9-4-10-16-26)31(25)24-13-7-3-8-14-24/h2-22H,1H3,(H,35,38,40)/b29-21-. The van der Waals surface area contributed by atoms with E-state index in [9.17, 15) is 14.4 Å². The number of barbiturate groups is 1. The molecule has 4 aromatic carbocycles. The van der Waals surface area contributed by atoms with E-state index in [1.807, 2.05) is 97.1 Å². The van der Waals surface area contributed by atoms with Crippen LogP contribution in [0.25, 0.3) is 34.3 Å². The van der Waals surface area contributed by atoms with Crippen molar-refractivity contribution in [2.45, 2.75) is 0 Å². The van der Waals surface area contributed by atoms with E-state index in [1.165, 1.54) is 7.11 Å². The Hall–Kier alpha value is -5.69. The number of carbonyl (C=O) groups excluding carboxylic acids is 3. The molecule has 7 heteroatoms. The van der Waals surface area contributed by atoms with Crippen molar-refractivity contribution >= 4 is 29.6 Å². The summed E-state index contributed by atoms with van der Waals surface area (Å²) in [6.07, 6.45) is 1.56. The molecule has 7 nitrogen and oxygen atoms in total. The summed E-state index contributed by atoms with van der Waals surface area (Å²) in [6.45, 7) is 0. The third kappa shape index (κ3) is 4.81. The van der Waals surface area contributed by atoms with Gasteiger partial charge >= 0.3 is 6.03 Å². The fraction of sp³-hybridized carbons (Fsp3) is 0.0294. The Morgan fingerprint density at radius 3 is 1.88 bits per heavy atom. The molecule has 1 aliphatic heterocycles. The number of hydrogen-bond acceptors (Lipinski definition) is 4. The largest absolute Gasteiger partial charge is 0.497 e. The summed E-state index contributed by atoms with van der Waals surface area (Å²) in [7, 11) is 1.53. The minimum Gasteiger partial charge on any atom is -0.497 e. The van der Waals surface area contributed by atoms with Gasteiger partial charge in [0.1, 0.15) is 11.3 Å². The number of hydrogen-bond donors (Lipinski definition) is 1. The molecule has 41 heavy (non-hydrogen) atoms. The van der Waals surface area contributed by atoms with Gasteiger partial charge < -0.3 is 9.30 Å². The van der Waals surface area contributed by atoms with Crippen molar-refractivity contribution < 1.29 is 19.1 Å². The maximum Gasteiger partial charge on any atom is 0.335 e. The number of nitrogens with zero attached hydrogens (tertiary/aromatic N) is 2. The van der Waals surface area contributed by atoms with E-state index < -0.39 is 17.8 Å². The number of amides is 4. The van der Waals surface area contributed by atoms with Crippen LogP contribution in [0.15, 0.2) is 127 Å². The lowest BCUT2D eigenvalue weighted by Gasteiger charge is -2.26. The van der Waals surface area contributed by atoms with Gasteiger partial charge in [-0.2, -0.15) is 0 Å². The van der Waals surface area contributed by atoms with Gasteiger partial charge in [0.2, 0.25) is 0 Å². The van der Waals surface area contributed by atoms with Crippen LogP contribution in [-0.2, 0) is 9.59 Å². The number of methoxy groups -OCH3 is 1. The Labute approximate surface area is 236 Å². The number of para-hydroxylation sites is 1. The van der Waals surface area contributed by atoms with Crippen LogP contribution in [0.4, 0.5) is 10.5 Å². The van der Waals surface area contributed by atoms with Gasteiger partial charge in [-0.05, 0) is 59.7 Å². The Bertz CT molecular complexity index is 1780. The zero-order valence-electron chi connectivity index (χ0n) is 22.2. The van der Waals surface area contributed by atoms with Crippen molar-refractivity contribution in [1.82, 2.24) is 9.88 Å². The molecule has 1 aliphatic rings. The first-order valence-electron chi connectivity index (χ1n) is 13.0. The van der Waals surface area contributed by atoms with E-state index >= 15 is 0 Å². The molecule has 0 saturated carbocycles. The molecular weight excluding hydrogens is 514 g/mol. The van der Waals surface area contributed by atoms with Gasteiger partial charge in [0, 0.05) is 11.3 Å². The molecular formula is C34H25N3O4. The van der Waals surface area contributed by atoms with Crippen molar-refractivity contribution in [1.29, 1.82) is 0 Å². The second kappa shape index (κ2) is 10.8. The van der Waals surface area contributed by atoms with Gasteiger partial charge in [-0.1, -0.05) is 78.9 Å². The second-order valence-electron chi connectivity index (χ2n) is 9.39. The number of aromatic nitrogens is 1. The summed E-state index contributed by atoms with van der Waals surface area (Å²) in [6, 6.07) is 37.3. The predicted molar refractivity (Wildman–Crippen MR) is 159 cm³/mol. The quantitative estimate of drug-likeness (QED) is 0.198. The van der Waals surface area contributed by atoms with Gasteiger partial charge in [0.05, 0.1) is 24.2 Å². The van der Waals surface area contributed by atoms with Gasteiger partial charge in [0.15, 0.2) is 0 Å². The Balaban J connectivity index is 1.57. The molecule has 0 bridgehead atoms. The summed E-state index contributed by atoms with van der Waals surface area (Å²) in [4.78, 5) is 40.6. The summed E-state index contributed by atoms with van der Waals surface area (Å²) in [5.74, 6) is -0.886. The van der Waals surface area contributed by atoms with Crippen molar-refractivity contribution in [2.24, 2.45) is 0 Å². The van der Waals surface area contributed by atoms with Crippen LogP contribution in [-0.4, -0.2) is 29.5 Å². The lowest BCUT2D eigenvalue weighted by atomic mass is 10.0. The highest BCUT2D eigenvalue weighted by Crippen LogP contribution is 2.37. The number of benzene rings is 4. The normalized spacial score (nSPS) is 14.3. The van der Waals surface area contributed by atoms with E-state index in [1.54, 1.807) is 30.3 Å². The molecule has 200 valence electrons. The predicted octanol–water partition coefficient (Wildman–Crippen LogP) is 6.49. The highest BCUT2D eigenvalue weighted by atomic mass is 16.5. The lowest BCUT2D eigenvalue weighted by Crippen LogP contribution is -2.54. The minimum absolute atomic E-state index is 0.151. The molecule has 4 amide bonds. The van der Waals surface area contributed by atoms with Crippen molar-refractivity contribution in [2.75, 3.05) is 12.0 Å². The van der Waals surface area contributed by atoms with E-state index in [0.717, 1.165) is 33.1 Å². The second-order valence-corrected chi connectivity index (χ2v) is 9.39. The molecule has 1 N–H and O–H groups in total. The van der Waals surface area contributed by atoms with Crippen LogP contribution in [0, 0.1) is 0 Å². The van der Waals surface area contributed by atoms with Gasteiger partial charge in [-0.3, -0.25) is 14.9 Å². The molecule has 1 aromatic heterocycles. The van der Waals surface area contributed by atoms with Gasteiger partial charge in [0.25, 0.3) is 11.8 Å². The number of imide groups is 2. The SMILES string of the molecule is COc1ccc(N2C(=O)NC(=O)/C(=C/c3cc(-c4ccccc4)n(-c4ccccc4)c3-c3ccccc3)C2=O)cc1. The van der Waals surface area contributed by atoms with E-state index in [4.69, 9.17) is 4.74 Å². The number of urea groups is 1. The van der Waals surface area contributed by atoms with E-state index in [-0.39, 0.29) is 5.57 Å². The average Bonchev–Trinajstić information content (AvgIpc) is 3.40. The van der Waals surface area contributed by atoms with Gasteiger partial charge in [-0.25, -0.2) is 9.69 Å². The van der Waals surface area contributed by atoms with Crippen molar-refractivity contribution in [3.63, 3.8) is 0 Å². The first-order valence-corrected chi connectivity index (χ1v) is 13.0. The third-order valence-corrected chi connectivity index (χ3v) is 6.89. The first kappa shape index (κ1) is 25.6. The van der Waals surface area contributed by atoms with Crippen LogP contribution in [0.5, 0.6) is 5.75 Å². The molecule has 0 spiro atoms. The maximum atomic E-state index is 13.7. The Kier molecular flexibility index (Phi) is 6.75. The zero-order valence-corrected chi connectivity index (χ0v) is 22.2. The van der Waals surface area contributed by atoms with E-state index in [2.05, 4.69) is 9.88 Å². The molecule has 0 radical (unpaired) electrons. The van der Waals surface area contributed by atoms with Crippen LogP contribution in [0.3, 0.4) is 0 Å². The molecule has 0 aliphatic carbocycles. The average molecular weight is 540 g/mol. The smallest absolute Gasteiger partial charge is 0.335 e. The van der Waals surface area contributed by atoms with Gasteiger partial charge in [-0.15, -0.1) is 0 Å². The molecule has 2 heterocycles. The third-order valence-electron chi connectivity index (χ3n) is 6.89. The molecule has 0 unspecified atom stereocenters. The fourth-order valence-corrected chi connectivity index (χ4v) is 4.98. The molecule has 1 saturated heterocycles. The topological polar surface area (TPSA) is 80.6 Å². The minimum atomic E-state index is -0.808. The van der Waals surface area contributed by atoms with Crippen molar-refractivity contribution in [3.05, 3.63) is 132 Å². The number of anilines is 1. The summed E-state index contributed by atoms with van der Waals surface area (Å²) in [5, 5.41) is 2.32. The highest BCUT2D eigenvalue weighted by Gasteiger charge is 2.37. The Morgan fingerprint density at radius 2 is 1.27 bits per heavy atom. The maximum absolute atomic E-state index is 13.7. The number of carbonyl (C=O) groups is 3. The summed E-state index contributed by atoms with van der Waals surface area (Å²) in [5.41, 5.74) is 5.30. The van der Waals surface area contributed by atoms with Crippen molar-refractivity contribution in [3.8, 4) is 34.0 Å². The number of ether oxygens (including phenoxy) is 1. The van der Waals surface area contributed by atoms with Crippen LogP contribution in [0.1, 0.15) is 5.56 Å². The number of nitrogens with one attached hydrogen (secondary N) is 1. The highest BCUT2D eigenvalue weighted by molar-refractivity contribution is 6.39. The number of rotatable bonds is 6. The first-order chi connectivity index (χ1) is 20.0. The van der Waals surface area contributed by atoms with Crippen LogP contribution in [0.2, 0.25) is 0 Å². The van der Waals surface area contributed by atoms with Crippen LogP contribution < -0.4 is 15.0 Å². The molecule has 0 atom stereocenters. The Morgan fingerprint density at radius 1 is 0.683 bits per heavy atom. The fourth-order valence-electron chi connectivity index (χ4n) is 4.98. The molecule has 6 rings (SSSR count). The zero-order chi connectivity index (χ0) is 28.3. The van der Waals surface area contributed by atoms with Crippen LogP contribution >= 0.6 is 0 Å². The monoisotopic (exact) mass is 539 g/mol. The summed E-state index contributed by atoms with van der Waals surface area (Å²) < 4.78 is 7.32. The van der Waals surface area contributed by atoms with E-state index in [0.29, 0.717) is 17.0 Å². The molecule has 1 fully saturated rings. The lowest BCUT2D eigenvalue weighted by molar-refractivity contribution is -0.122. The summed E-state index contributed by atoms with van der Waals surface area (Å²) >= 11 is 0. The molecule has 5 aromatic rings.